The SMILES string of the molecule is CCCCCCCCCCCCC/C=C/[C@@H](O)[C@H](COC(=O)CCCCCCCCCCCCCCCCCCCCCCCCCCCCC)NC(=O)CCCCCCCCCCCCCCCCC. The third-order valence-electron chi connectivity index (χ3n) is 15.5. The van der Waals surface area contributed by atoms with Gasteiger partial charge in [0.05, 0.1) is 12.1 Å². The summed E-state index contributed by atoms with van der Waals surface area (Å²) in [4.78, 5) is 25.8. The molecule has 0 heterocycles. The predicted octanol–water partition coefficient (Wildman–Crippen LogP) is 21.8. The van der Waals surface area contributed by atoms with Crippen LogP contribution in [0.5, 0.6) is 0 Å². The number of amides is 1. The minimum Gasteiger partial charge on any atom is -0.463 e. The zero-order valence-electron chi connectivity index (χ0n) is 48.8. The van der Waals surface area contributed by atoms with Crippen LogP contribution >= 0.6 is 0 Å². The Morgan fingerprint density at radius 1 is 0.352 bits per heavy atom. The first-order valence-corrected chi connectivity index (χ1v) is 32.8. The highest BCUT2D eigenvalue weighted by Gasteiger charge is 2.21. The molecule has 0 aliphatic carbocycles. The lowest BCUT2D eigenvalue weighted by Gasteiger charge is -2.22. The summed E-state index contributed by atoms with van der Waals surface area (Å²) in [6.45, 7) is 6.88. The molecule has 0 saturated heterocycles. The summed E-state index contributed by atoms with van der Waals surface area (Å²) in [7, 11) is 0. The highest BCUT2D eigenvalue weighted by atomic mass is 16.5. The van der Waals surface area contributed by atoms with Crippen molar-refractivity contribution in [1.82, 2.24) is 5.32 Å². The maximum atomic E-state index is 13.0. The van der Waals surface area contributed by atoms with Gasteiger partial charge in [-0.2, -0.15) is 0 Å². The average molecular weight is 1000 g/mol. The molecule has 422 valence electrons. The maximum absolute atomic E-state index is 13.0. The Hall–Kier alpha value is -1.36. The van der Waals surface area contributed by atoms with Gasteiger partial charge in [-0.3, -0.25) is 9.59 Å². The Balaban J connectivity index is 4.15. The molecular formula is C66H129NO4. The van der Waals surface area contributed by atoms with Crippen LogP contribution in [0.1, 0.15) is 380 Å². The molecule has 0 aromatic heterocycles. The van der Waals surface area contributed by atoms with E-state index in [1.807, 2.05) is 6.08 Å². The number of rotatable bonds is 61. The number of hydrogen-bond acceptors (Lipinski definition) is 4. The zero-order chi connectivity index (χ0) is 51.4. The van der Waals surface area contributed by atoms with Crippen LogP contribution in [0.2, 0.25) is 0 Å². The molecule has 5 heteroatoms. The molecular weight excluding hydrogens is 871 g/mol. The van der Waals surface area contributed by atoms with Crippen molar-refractivity contribution < 1.29 is 19.4 Å². The normalized spacial score (nSPS) is 12.6. The molecule has 0 fully saturated rings. The molecule has 5 nitrogen and oxygen atoms in total. The lowest BCUT2D eigenvalue weighted by Crippen LogP contribution is -2.46. The standard InChI is InChI=1S/C66H129NO4/c1-4-7-10-13-16-19-22-25-27-28-29-30-31-32-33-34-35-36-37-38-40-43-46-49-52-55-58-61-66(70)71-62-63(64(68)59-56-53-50-47-44-41-24-21-18-15-12-9-6-3)67-65(69)60-57-54-51-48-45-42-39-26-23-20-17-14-11-8-5-2/h56,59,63-64,68H,4-55,57-58,60-62H2,1-3H3,(H,67,69)/b59-56+/t63-,64+/m0/s1. The van der Waals surface area contributed by atoms with E-state index in [9.17, 15) is 14.7 Å². The minimum atomic E-state index is -0.871. The summed E-state index contributed by atoms with van der Waals surface area (Å²) in [6.07, 6.45) is 75.8. The van der Waals surface area contributed by atoms with Gasteiger partial charge in [0, 0.05) is 12.8 Å². The van der Waals surface area contributed by atoms with Crippen LogP contribution in [0, 0.1) is 0 Å². The number of nitrogens with one attached hydrogen (secondary N) is 1. The number of hydrogen-bond donors (Lipinski definition) is 2. The summed E-state index contributed by atoms with van der Waals surface area (Å²) in [5.41, 5.74) is 0. The van der Waals surface area contributed by atoms with Crippen molar-refractivity contribution in [3.63, 3.8) is 0 Å². The topological polar surface area (TPSA) is 75.6 Å². The second-order valence-electron chi connectivity index (χ2n) is 22.7. The number of carbonyl (C=O) groups is 2. The number of ether oxygens (including phenoxy) is 1. The van der Waals surface area contributed by atoms with Crippen molar-refractivity contribution >= 4 is 11.9 Å². The zero-order valence-corrected chi connectivity index (χ0v) is 48.8. The molecule has 0 aromatic rings. The average Bonchev–Trinajstić information content (AvgIpc) is 3.37. The van der Waals surface area contributed by atoms with Crippen molar-refractivity contribution in [2.24, 2.45) is 0 Å². The van der Waals surface area contributed by atoms with Gasteiger partial charge in [0.2, 0.25) is 5.91 Å². The van der Waals surface area contributed by atoms with E-state index in [0.717, 1.165) is 38.5 Å². The summed E-state index contributed by atoms with van der Waals surface area (Å²) in [5, 5.41) is 14.2. The first-order valence-electron chi connectivity index (χ1n) is 32.8. The molecule has 2 N–H and O–H groups in total. The molecule has 0 bridgehead atoms. The van der Waals surface area contributed by atoms with Crippen molar-refractivity contribution in [3.8, 4) is 0 Å². The molecule has 0 unspecified atom stereocenters. The molecule has 1 amide bonds. The Kier molecular flexibility index (Phi) is 60.0. The molecule has 0 radical (unpaired) electrons. The van der Waals surface area contributed by atoms with E-state index in [1.165, 1.54) is 308 Å². The Bertz CT molecular complexity index is 1060. The van der Waals surface area contributed by atoms with Gasteiger partial charge >= 0.3 is 5.97 Å². The van der Waals surface area contributed by atoms with Gasteiger partial charge in [-0.1, -0.05) is 354 Å². The van der Waals surface area contributed by atoms with Gasteiger partial charge in [-0.05, 0) is 25.7 Å². The van der Waals surface area contributed by atoms with Crippen molar-refractivity contribution in [1.29, 1.82) is 0 Å². The van der Waals surface area contributed by atoms with Gasteiger partial charge in [0.25, 0.3) is 0 Å². The molecule has 2 atom stereocenters. The molecule has 0 aromatic carbocycles. The van der Waals surface area contributed by atoms with Crippen LogP contribution in [-0.4, -0.2) is 35.7 Å². The number of unbranched alkanes of at least 4 members (excludes halogenated alkanes) is 51. The Morgan fingerprint density at radius 3 is 0.873 bits per heavy atom. The Morgan fingerprint density at radius 2 is 0.592 bits per heavy atom. The summed E-state index contributed by atoms with van der Waals surface area (Å²) >= 11 is 0. The van der Waals surface area contributed by atoms with Crippen LogP contribution in [0.3, 0.4) is 0 Å². The van der Waals surface area contributed by atoms with Crippen LogP contribution in [0.25, 0.3) is 0 Å². The summed E-state index contributed by atoms with van der Waals surface area (Å²) < 4.78 is 5.69. The first-order chi connectivity index (χ1) is 35.0. The van der Waals surface area contributed by atoms with E-state index in [4.69, 9.17) is 4.74 Å². The van der Waals surface area contributed by atoms with E-state index < -0.39 is 12.1 Å². The largest absolute Gasteiger partial charge is 0.463 e. The molecule has 71 heavy (non-hydrogen) atoms. The van der Waals surface area contributed by atoms with Crippen molar-refractivity contribution in [3.05, 3.63) is 12.2 Å². The second kappa shape index (κ2) is 61.2. The van der Waals surface area contributed by atoms with E-state index in [1.54, 1.807) is 0 Å². The Labute approximate surface area is 446 Å². The number of esters is 1. The van der Waals surface area contributed by atoms with Gasteiger partial charge in [0.1, 0.15) is 6.61 Å². The van der Waals surface area contributed by atoms with Crippen LogP contribution < -0.4 is 5.32 Å². The molecule has 0 aliphatic heterocycles. The van der Waals surface area contributed by atoms with Crippen LogP contribution in [0.15, 0.2) is 12.2 Å². The number of aliphatic hydroxyl groups is 1. The smallest absolute Gasteiger partial charge is 0.305 e. The molecule has 0 saturated carbocycles. The van der Waals surface area contributed by atoms with Gasteiger partial charge < -0.3 is 15.2 Å². The fourth-order valence-electron chi connectivity index (χ4n) is 10.5. The minimum absolute atomic E-state index is 0.0207. The van der Waals surface area contributed by atoms with Gasteiger partial charge in [0.15, 0.2) is 0 Å². The first kappa shape index (κ1) is 69.6. The maximum Gasteiger partial charge on any atom is 0.305 e. The van der Waals surface area contributed by atoms with Crippen molar-refractivity contribution in [2.75, 3.05) is 6.61 Å². The summed E-state index contributed by atoms with van der Waals surface area (Å²) in [5.74, 6) is -0.271. The van der Waals surface area contributed by atoms with E-state index >= 15 is 0 Å². The lowest BCUT2D eigenvalue weighted by molar-refractivity contribution is -0.146. The lowest BCUT2D eigenvalue weighted by atomic mass is 10.0. The summed E-state index contributed by atoms with van der Waals surface area (Å²) in [6, 6.07) is -0.616. The number of carbonyl (C=O) groups excluding carboxylic acids is 2. The third kappa shape index (κ3) is 57.8. The molecule has 0 spiro atoms. The van der Waals surface area contributed by atoms with Crippen LogP contribution in [0.4, 0.5) is 0 Å². The van der Waals surface area contributed by atoms with Crippen LogP contribution in [-0.2, 0) is 14.3 Å². The second-order valence-corrected chi connectivity index (χ2v) is 22.7. The van der Waals surface area contributed by atoms with E-state index in [0.29, 0.717) is 12.8 Å². The van der Waals surface area contributed by atoms with Crippen molar-refractivity contribution in [2.45, 2.75) is 392 Å². The van der Waals surface area contributed by atoms with E-state index in [2.05, 4.69) is 32.2 Å². The highest BCUT2D eigenvalue weighted by Crippen LogP contribution is 2.19. The third-order valence-corrected chi connectivity index (χ3v) is 15.5. The molecule has 0 rings (SSSR count). The predicted molar refractivity (Wildman–Crippen MR) is 314 cm³/mol. The number of allylic oxidation sites excluding steroid dienone is 1. The molecule has 0 aliphatic rings. The quantitative estimate of drug-likeness (QED) is 0.0362. The number of aliphatic hydroxyl groups excluding tert-OH is 1. The van der Waals surface area contributed by atoms with Gasteiger partial charge in [-0.25, -0.2) is 0 Å². The monoisotopic (exact) mass is 1000 g/mol. The fraction of sp³-hybridized carbons (Fsp3) is 0.939. The highest BCUT2D eigenvalue weighted by molar-refractivity contribution is 5.76. The fourth-order valence-corrected chi connectivity index (χ4v) is 10.5. The van der Waals surface area contributed by atoms with E-state index in [-0.39, 0.29) is 18.5 Å². The van der Waals surface area contributed by atoms with Gasteiger partial charge in [-0.15, -0.1) is 0 Å².